The molecular formula is C18H15FN2O3S. The molecule has 3 rings (SSSR count). The molecular weight excluding hydrogens is 343 g/mol. The fourth-order valence-corrected chi connectivity index (χ4v) is 2.93. The van der Waals surface area contributed by atoms with Gasteiger partial charge in [0.1, 0.15) is 17.3 Å². The first-order valence-corrected chi connectivity index (χ1v) is 8.23. The number of halogens is 1. The molecule has 1 N–H and O–H groups in total. The molecule has 0 radical (unpaired) electrons. The molecule has 3 aromatic rings. The zero-order chi connectivity index (χ0) is 17.8. The standard InChI is InChI=1S/C18H15FN2O3S/c1-23-14-7-12(8-15(9-14)24-2)17(22)21-18-20-16(10-25-18)11-4-3-5-13(19)6-11/h3-10H,1-2H3,(H,20,21,22). The second-order valence-corrected chi connectivity index (χ2v) is 5.96. The van der Waals surface area contributed by atoms with Gasteiger partial charge in [-0.2, -0.15) is 0 Å². The Balaban J connectivity index is 1.80. The maximum absolute atomic E-state index is 13.3. The van der Waals surface area contributed by atoms with E-state index in [4.69, 9.17) is 9.47 Å². The summed E-state index contributed by atoms with van der Waals surface area (Å²) in [7, 11) is 3.03. The number of nitrogens with one attached hydrogen (secondary N) is 1. The highest BCUT2D eigenvalue weighted by molar-refractivity contribution is 7.14. The molecule has 0 aliphatic carbocycles. The van der Waals surface area contributed by atoms with Crippen LogP contribution >= 0.6 is 11.3 Å². The van der Waals surface area contributed by atoms with Crippen LogP contribution in [0, 0.1) is 5.82 Å². The first-order chi connectivity index (χ1) is 12.1. The summed E-state index contributed by atoms with van der Waals surface area (Å²) < 4.78 is 23.6. The number of nitrogens with zero attached hydrogens (tertiary/aromatic N) is 1. The van der Waals surface area contributed by atoms with E-state index in [1.54, 1.807) is 35.7 Å². The van der Waals surface area contributed by atoms with Crippen molar-refractivity contribution in [2.24, 2.45) is 0 Å². The lowest BCUT2D eigenvalue weighted by atomic mass is 10.2. The van der Waals surface area contributed by atoms with E-state index in [0.717, 1.165) is 0 Å². The SMILES string of the molecule is COc1cc(OC)cc(C(=O)Nc2nc(-c3cccc(F)c3)cs2)c1. The van der Waals surface area contributed by atoms with Gasteiger partial charge in [0, 0.05) is 22.6 Å². The molecule has 0 saturated carbocycles. The van der Waals surface area contributed by atoms with Crippen LogP contribution in [0.2, 0.25) is 0 Å². The predicted molar refractivity (Wildman–Crippen MR) is 95.0 cm³/mol. The Hall–Kier alpha value is -2.93. The summed E-state index contributed by atoms with van der Waals surface area (Å²) in [5, 5.41) is 4.91. The second kappa shape index (κ2) is 7.31. The van der Waals surface area contributed by atoms with Gasteiger partial charge in [0.2, 0.25) is 0 Å². The number of carbonyl (C=O) groups is 1. The van der Waals surface area contributed by atoms with Crippen LogP contribution in [0.5, 0.6) is 11.5 Å². The van der Waals surface area contributed by atoms with Crippen molar-refractivity contribution in [3.05, 3.63) is 59.2 Å². The Labute approximate surface area is 148 Å². The maximum Gasteiger partial charge on any atom is 0.257 e. The summed E-state index contributed by atoms with van der Waals surface area (Å²) in [6.45, 7) is 0. The molecule has 0 bridgehead atoms. The third-order valence-corrected chi connectivity index (χ3v) is 4.22. The smallest absolute Gasteiger partial charge is 0.257 e. The monoisotopic (exact) mass is 358 g/mol. The molecule has 0 spiro atoms. The molecule has 25 heavy (non-hydrogen) atoms. The molecule has 1 amide bonds. The number of ether oxygens (including phenoxy) is 2. The van der Waals surface area contributed by atoms with Gasteiger partial charge in [-0.25, -0.2) is 9.37 Å². The van der Waals surface area contributed by atoms with Crippen molar-refractivity contribution >= 4 is 22.4 Å². The molecule has 0 saturated heterocycles. The lowest BCUT2D eigenvalue weighted by molar-refractivity contribution is 0.102. The van der Waals surface area contributed by atoms with Crippen LogP contribution in [0.1, 0.15) is 10.4 Å². The van der Waals surface area contributed by atoms with Crippen molar-refractivity contribution in [1.82, 2.24) is 4.98 Å². The summed E-state index contributed by atoms with van der Waals surface area (Å²) in [4.78, 5) is 16.8. The average molecular weight is 358 g/mol. The number of aromatic nitrogens is 1. The minimum absolute atomic E-state index is 0.334. The van der Waals surface area contributed by atoms with E-state index in [9.17, 15) is 9.18 Å². The number of amides is 1. The van der Waals surface area contributed by atoms with Crippen LogP contribution in [-0.2, 0) is 0 Å². The second-order valence-electron chi connectivity index (χ2n) is 5.10. The summed E-state index contributed by atoms with van der Waals surface area (Å²) in [6.07, 6.45) is 0. The molecule has 0 aliphatic heterocycles. The number of hydrogen-bond donors (Lipinski definition) is 1. The minimum Gasteiger partial charge on any atom is -0.497 e. The van der Waals surface area contributed by atoms with Gasteiger partial charge in [-0.3, -0.25) is 10.1 Å². The van der Waals surface area contributed by atoms with Gasteiger partial charge < -0.3 is 9.47 Å². The van der Waals surface area contributed by atoms with Crippen molar-refractivity contribution in [2.75, 3.05) is 19.5 Å². The lowest BCUT2D eigenvalue weighted by Crippen LogP contribution is -2.12. The van der Waals surface area contributed by atoms with Crippen molar-refractivity contribution in [3.8, 4) is 22.8 Å². The number of thiazole rings is 1. The number of anilines is 1. The Morgan fingerprint density at radius 2 is 1.84 bits per heavy atom. The molecule has 0 atom stereocenters. The van der Waals surface area contributed by atoms with E-state index in [1.807, 2.05) is 0 Å². The number of carbonyl (C=O) groups excluding carboxylic acids is 1. The van der Waals surface area contributed by atoms with Crippen LogP contribution in [0.3, 0.4) is 0 Å². The molecule has 0 aliphatic rings. The quantitative estimate of drug-likeness (QED) is 0.742. The lowest BCUT2D eigenvalue weighted by Gasteiger charge is -2.08. The van der Waals surface area contributed by atoms with Gasteiger partial charge in [-0.15, -0.1) is 11.3 Å². The number of hydrogen-bond acceptors (Lipinski definition) is 5. The summed E-state index contributed by atoms with van der Waals surface area (Å²) in [6, 6.07) is 11.0. The predicted octanol–water partition coefficient (Wildman–Crippen LogP) is 4.22. The van der Waals surface area contributed by atoms with E-state index >= 15 is 0 Å². The highest BCUT2D eigenvalue weighted by Crippen LogP contribution is 2.27. The van der Waals surface area contributed by atoms with Crippen LogP contribution in [-0.4, -0.2) is 25.1 Å². The van der Waals surface area contributed by atoms with E-state index < -0.39 is 0 Å². The van der Waals surface area contributed by atoms with E-state index in [0.29, 0.717) is 33.5 Å². The molecule has 128 valence electrons. The summed E-state index contributed by atoms with van der Waals surface area (Å²) in [5.41, 5.74) is 1.64. The molecule has 7 heteroatoms. The van der Waals surface area contributed by atoms with Gasteiger partial charge in [-0.05, 0) is 24.3 Å². The van der Waals surface area contributed by atoms with Crippen molar-refractivity contribution in [3.63, 3.8) is 0 Å². The van der Waals surface area contributed by atoms with Crippen LogP contribution in [0.15, 0.2) is 47.8 Å². The zero-order valence-corrected chi connectivity index (χ0v) is 14.4. The fraction of sp³-hybridized carbons (Fsp3) is 0.111. The minimum atomic E-state index is -0.336. The molecule has 0 unspecified atom stereocenters. The van der Waals surface area contributed by atoms with E-state index in [2.05, 4.69) is 10.3 Å². The molecule has 0 fully saturated rings. The van der Waals surface area contributed by atoms with Gasteiger partial charge >= 0.3 is 0 Å². The Morgan fingerprint density at radius 1 is 1.12 bits per heavy atom. The van der Waals surface area contributed by atoms with Gasteiger partial charge in [-0.1, -0.05) is 12.1 Å². The number of methoxy groups -OCH3 is 2. The van der Waals surface area contributed by atoms with Crippen molar-refractivity contribution in [1.29, 1.82) is 0 Å². The Kier molecular flexibility index (Phi) is 4.95. The third kappa shape index (κ3) is 3.95. The number of rotatable bonds is 5. The third-order valence-electron chi connectivity index (χ3n) is 3.46. The van der Waals surface area contributed by atoms with E-state index in [-0.39, 0.29) is 11.7 Å². The highest BCUT2D eigenvalue weighted by Gasteiger charge is 2.13. The van der Waals surface area contributed by atoms with E-state index in [1.165, 1.54) is 37.7 Å². The zero-order valence-electron chi connectivity index (χ0n) is 13.6. The van der Waals surface area contributed by atoms with Crippen LogP contribution in [0.4, 0.5) is 9.52 Å². The van der Waals surface area contributed by atoms with Crippen molar-refractivity contribution < 1.29 is 18.7 Å². The topological polar surface area (TPSA) is 60.5 Å². The molecule has 1 heterocycles. The molecule has 2 aromatic carbocycles. The normalized spacial score (nSPS) is 10.4. The Bertz CT molecular complexity index is 889. The molecule has 5 nitrogen and oxygen atoms in total. The van der Waals surface area contributed by atoms with Gasteiger partial charge in [0.25, 0.3) is 5.91 Å². The van der Waals surface area contributed by atoms with Crippen LogP contribution < -0.4 is 14.8 Å². The summed E-state index contributed by atoms with van der Waals surface area (Å²) in [5.74, 6) is 0.366. The van der Waals surface area contributed by atoms with Crippen LogP contribution in [0.25, 0.3) is 11.3 Å². The first kappa shape index (κ1) is 16.9. The fourth-order valence-electron chi connectivity index (χ4n) is 2.22. The number of benzene rings is 2. The highest BCUT2D eigenvalue weighted by atomic mass is 32.1. The van der Waals surface area contributed by atoms with Crippen molar-refractivity contribution in [2.45, 2.75) is 0 Å². The summed E-state index contributed by atoms with van der Waals surface area (Å²) >= 11 is 1.27. The van der Waals surface area contributed by atoms with Gasteiger partial charge in [0.15, 0.2) is 5.13 Å². The Morgan fingerprint density at radius 3 is 2.48 bits per heavy atom. The molecule has 1 aromatic heterocycles. The largest absolute Gasteiger partial charge is 0.497 e. The average Bonchev–Trinajstić information content (AvgIpc) is 3.09. The van der Waals surface area contributed by atoms with Gasteiger partial charge in [0.05, 0.1) is 19.9 Å². The first-order valence-electron chi connectivity index (χ1n) is 7.35. The maximum atomic E-state index is 13.3.